The van der Waals surface area contributed by atoms with Crippen molar-refractivity contribution in [2.45, 2.75) is 20.3 Å². The Bertz CT molecular complexity index is 1290. The number of nitrogens with zero attached hydrogens (tertiary/aromatic N) is 2. The van der Waals surface area contributed by atoms with Crippen LogP contribution in [0.2, 0.25) is 0 Å². The molecule has 3 amide bonds. The van der Waals surface area contributed by atoms with Crippen LogP contribution in [-0.2, 0) is 14.4 Å². The van der Waals surface area contributed by atoms with Crippen molar-refractivity contribution < 1.29 is 23.9 Å². The number of amides is 3. The number of fused-ring (bicyclic) bond motifs is 5. The van der Waals surface area contributed by atoms with Crippen LogP contribution in [0.5, 0.6) is 11.5 Å². The van der Waals surface area contributed by atoms with E-state index in [9.17, 15) is 14.4 Å². The van der Waals surface area contributed by atoms with Crippen LogP contribution in [0.25, 0.3) is 0 Å². The molecule has 5 rings (SSSR count). The van der Waals surface area contributed by atoms with Gasteiger partial charge in [0, 0.05) is 15.7 Å². The predicted molar refractivity (Wildman–Crippen MR) is 145 cm³/mol. The summed E-state index contributed by atoms with van der Waals surface area (Å²) in [6, 6.07) is 9.16. The third-order valence-electron chi connectivity index (χ3n) is 6.90. The predicted octanol–water partition coefficient (Wildman–Crippen LogP) is 5.08. The van der Waals surface area contributed by atoms with Crippen LogP contribution >= 0.6 is 31.9 Å². The maximum Gasteiger partial charge on any atom is 0.262 e. The van der Waals surface area contributed by atoms with Crippen LogP contribution in [0.4, 0.5) is 5.69 Å². The molecule has 1 N–H and O–H groups in total. The standard InChI is InChI=1S/C27H25Br2N3O5/c1-3-36-19-11-17(12-30-32-26(34)21-15-6-7-16(10-15)22(21)27(32)35)23(28)24(29)25(19)37-13-20(33)31-18-8-4-14(2)5-9-18/h4-9,11-12,15-16,21-22H,3,10,13H2,1-2H3,(H,31,33)/t15-,16-,21-,22+/m0/s1. The first kappa shape index (κ1) is 25.7. The first-order chi connectivity index (χ1) is 17.8. The van der Waals surface area contributed by atoms with Crippen molar-refractivity contribution in [2.75, 3.05) is 18.5 Å². The van der Waals surface area contributed by atoms with Crippen molar-refractivity contribution in [1.29, 1.82) is 0 Å². The van der Waals surface area contributed by atoms with Gasteiger partial charge < -0.3 is 14.8 Å². The molecule has 0 radical (unpaired) electrons. The smallest absolute Gasteiger partial charge is 0.262 e. The van der Waals surface area contributed by atoms with Crippen molar-refractivity contribution >= 4 is 61.5 Å². The summed E-state index contributed by atoms with van der Waals surface area (Å²) in [5.41, 5.74) is 2.35. The van der Waals surface area contributed by atoms with Gasteiger partial charge in [0.1, 0.15) is 0 Å². The molecule has 0 aromatic heterocycles. The number of halogens is 2. The molecule has 1 aliphatic heterocycles. The average molecular weight is 631 g/mol. The van der Waals surface area contributed by atoms with E-state index in [-0.39, 0.29) is 48.0 Å². The molecule has 2 aromatic rings. The maximum absolute atomic E-state index is 12.9. The molecule has 1 saturated heterocycles. The summed E-state index contributed by atoms with van der Waals surface area (Å²) in [7, 11) is 0. The number of aryl methyl sites for hydroxylation is 1. The van der Waals surface area contributed by atoms with Gasteiger partial charge >= 0.3 is 0 Å². The Hall–Kier alpha value is -2.98. The summed E-state index contributed by atoms with van der Waals surface area (Å²) in [5, 5.41) is 8.06. The Balaban J connectivity index is 1.32. The number of hydrogen-bond acceptors (Lipinski definition) is 6. The highest BCUT2D eigenvalue weighted by Crippen LogP contribution is 2.52. The second kappa shape index (κ2) is 10.4. The number of hydrogen-bond donors (Lipinski definition) is 1. The van der Waals surface area contributed by atoms with Crippen molar-refractivity contribution in [3.63, 3.8) is 0 Å². The molecule has 0 unspecified atom stereocenters. The molecule has 2 aromatic carbocycles. The van der Waals surface area contributed by atoms with Crippen LogP contribution in [-0.4, -0.2) is 42.2 Å². The topological polar surface area (TPSA) is 97.3 Å². The maximum atomic E-state index is 12.9. The number of benzene rings is 2. The third-order valence-corrected chi connectivity index (χ3v) is 9.04. The largest absolute Gasteiger partial charge is 0.490 e. The molecule has 1 saturated carbocycles. The van der Waals surface area contributed by atoms with E-state index < -0.39 is 0 Å². The van der Waals surface area contributed by atoms with Crippen LogP contribution in [0.1, 0.15) is 24.5 Å². The van der Waals surface area contributed by atoms with Gasteiger partial charge in [-0.15, -0.1) is 0 Å². The van der Waals surface area contributed by atoms with E-state index in [1.54, 1.807) is 6.07 Å². The Morgan fingerprint density at radius 1 is 1.08 bits per heavy atom. The van der Waals surface area contributed by atoms with Crippen LogP contribution < -0.4 is 14.8 Å². The second-order valence-electron chi connectivity index (χ2n) is 9.29. The van der Waals surface area contributed by atoms with Crippen molar-refractivity contribution in [1.82, 2.24) is 5.01 Å². The van der Waals surface area contributed by atoms with Gasteiger partial charge in [-0.05, 0) is 82.2 Å². The number of anilines is 1. The first-order valence-electron chi connectivity index (χ1n) is 12.0. The molecule has 3 aliphatic rings. The van der Waals surface area contributed by atoms with Gasteiger partial charge in [0.05, 0.1) is 29.1 Å². The number of imide groups is 1. The molecule has 192 valence electrons. The van der Waals surface area contributed by atoms with E-state index in [0.29, 0.717) is 38.3 Å². The first-order valence-corrected chi connectivity index (χ1v) is 13.6. The van der Waals surface area contributed by atoms with E-state index in [4.69, 9.17) is 9.47 Å². The van der Waals surface area contributed by atoms with Crippen LogP contribution in [0.15, 0.2) is 56.5 Å². The van der Waals surface area contributed by atoms with E-state index in [2.05, 4.69) is 42.3 Å². The van der Waals surface area contributed by atoms with Crippen LogP contribution in [0.3, 0.4) is 0 Å². The van der Waals surface area contributed by atoms with Gasteiger partial charge in [-0.2, -0.15) is 10.1 Å². The lowest BCUT2D eigenvalue weighted by molar-refractivity contribution is -0.140. The fourth-order valence-corrected chi connectivity index (χ4v) is 6.12. The highest BCUT2D eigenvalue weighted by molar-refractivity contribution is 9.13. The van der Waals surface area contributed by atoms with Gasteiger partial charge in [-0.25, -0.2) is 0 Å². The molecule has 37 heavy (non-hydrogen) atoms. The quantitative estimate of drug-likeness (QED) is 0.249. The van der Waals surface area contributed by atoms with Gasteiger partial charge in [-0.1, -0.05) is 29.8 Å². The monoisotopic (exact) mass is 629 g/mol. The summed E-state index contributed by atoms with van der Waals surface area (Å²) in [6.45, 7) is 3.93. The summed E-state index contributed by atoms with van der Waals surface area (Å²) >= 11 is 7.05. The van der Waals surface area contributed by atoms with Gasteiger partial charge in [0.25, 0.3) is 17.7 Å². The van der Waals surface area contributed by atoms with Crippen molar-refractivity contribution in [2.24, 2.45) is 28.8 Å². The number of nitrogens with one attached hydrogen (secondary N) is 1. The lowest BCUT2D eigenvalue weighted by Gasteiger charge is -2.16. The zero-order valence-corrected chi connectivity index (χ0v) is 23.4. The fourth-order valence-electron chi connectivity index (χ4n) is 5.19. The Kier molecular flexibility index (Phi) is 7.22. The van der Waals surface area contributed by atoms with Gasteiger partial charge in [-0.3, -0.25) is 14.4 Å². The fraction of sp³-hybridized carbons (Fsp3) is 0.333. The minimum atomic E-state index is -0.319. The molecule has 1 heterocycles. The van der Waals surface area contributed by atoms with E-state index in [1.165, 1.54) is 6.21 Å². The number of allylic oxidation sites excluding steroid dienone is 2. The SMILES string of the molecule is CCOc1cc(C=NN2C(=O)[C@@H]3[C@H](C2=O)[C@H]2C=C[C@H]3C2)c(Br)c(Br)c1OCC(=O)Nc1ccc(C)cc1. The molecule has 0 spiro atoms. The van der Waals surface area contributed by atoms with E-state index in [1.807, 2.05) is 50.3 Å². The Morgan fingerprint density at radius 2 is 1.73 bits per heavy atom. The molecular weight excluding hydrogens is 606 g/mol. The summed E-state index contributed by atoms with van der Waals surface area (Å²) in [5.74, 6) is -0.457. The summed E-state index contributed by atoms with van der Waals surface area (Å²) in [6.07, 6.45) is 6.42. The minimum absolute atomic E-state index is 0.122. The number of carbonyl (C=O) groups excluding carboxylic acids is 3. The zero-order valence-electron chi connectivity index (χ0n) is 20.2. The highest BCUT2D eigenvalue weighted by atomic mass is 79.9. The number of carbonyl (C=O) groups is 3. The molecular formula is C27H25Br2N3O5. The van der Waals surface area contributed by atoms with Gasteiger partial charge in [0.15, 0.2) is 18.1 Å². The van der Waals surface area contributed by atoms with Gasteiger partial charge in [0.2, 0.25) is 0 Å². The number of ether oxygens (including phenoxy) is 2. The normalized spacial score (nSPS) is 23.7. The lowest BCUT2D eigenvalue weighted by Crippen LogP contribution is -2.28. The molecule has 4 atom stereocenters. The number of rotatable bonds is 8. The van der Waals surface area contributed by atoms with Crippen molar-refractivity contribution in [3.05, 3.63) is 62.6 Å². The molecule has 2 bridgehead atoms. The molecule has 10 heteroatoms. The van der Waals surface area contributed by atoms with E-state index >= 15 is 0 Å². The lowest BCUT2D eigenvalue weighted by atomic mass is 9.85. The minimum Gasteiger partial charge on any atom is -0.490 e. The Labute approximate surface area is 231 Å². The number of hydrazone groups is 1. The summed E-state index contributed by atoms with van der Waals surface area (Å²) in [4.78, 5) is 38.3. The third kappa shape index (κ3) is 4.84. The van der Waals surface area contributed by atoms with Crippen LogP contribution in [0, 0.1) is 30.6 Å². The molecule has 2 fully saturated rings. The second-order valence-corrected chi connectivity index (χ2v) is 10.9. The van der Waals surface area contributed by atoms with E-state index in [0.717, 1.165) is 17.0 Å². The Morgan fingerprint density at radius 3 is 2.35 bits per heavy atom. The van der Waals surface area contributed by atoms with Crippen molar-refractivity contribution in [3.8, 4) is 11.5 Å². The average Bonchev–Trinajstić information content (AvgIpc) is 3.56. The molecule has 2 aliphatic carbocycles. The highest BCUT2D eigenvalue weighted by Gasteiger charge is 2.59. The zero-order chi connectivity index (χ0) is 26.3. The molecule has 8 nitrogen and oxygen atoms in total. The summed E-state index contributed by atoms with van der Waals surface area (Å²) < 4.78 is 12.7.